The quantitative estimate of drug-likeness (QED) is 0.445. The number of hydrogen-bond acceptors (Lipinski definition) is 2. The van der Waals surface area contributed by atoms with Crippen molar-refractivity contribution in [2.24, 2.45) is 17.3 Å². The molecule has 1 fully saturated rings. The maximum atomic E-state index is 12.9. The molecule has 3 atom stereocenters. The van der Waals surface area contributed by atoms with Gasteiger partial charge >= 0.3 is 0 Å². The Bertz CT molecular complexity index is 579. The van der Waals surface area contributed by atoms with Gasteiger partial charge in [-0.3, -0.25) is 4.79 Å². The Hall–Kier alpha value is -0.833. The molecule has 0 bridgehead atoms. The van der Waals surface area contributed by atoms with Crippen LogP contribution < -0.4 is 0 Å². The Morgan fingerprint density at radius 1 is 1.29 bits per heavy atom. The molecule has 0 N–H and O–H groups in total. The van der Waals surface area contributed by atoms with Gasteiger partial charge in [-0.15, -0.1) is 0 Å². The first-order valence-corrected chi connectivity index (χ1v) is 12.2. The van der Waals surface area contributed by atoms with Crippen LogP contribution in [0.2, 0.25) is 18.1 Å². The third kappa shape index (κ3) is 3.42. The van der Waals surface area contributed by atoms with E-state index in [1.165, 1.54) is 11.3 Å². The molecule has 0 radical (unpaired) electrons. The summed E-state index contributed by atoms with van der Waals surface area (Å²) < 4.78 is 6.67. The van der Waals surface area contributed by atoms with Crippen LogP contribution in [0.1, 0.15) is 67.2 Å². The van der Waals surface area contributed by atoms with Gasteiger partial charge in [0.2, 0.25) is 8.32 Å². The molecule has 0 aromatic rings. The molecule has 0 heterocycles. The minimum atomic E-state index is -1.83. The fourth-order valence-corrected chi connectivity index (χ4v) is 5.12. The van der Waals surface area contributed by atoms with Crippen LogP contribution >= 0.6 is 0 Å². The Kier molecular flexibility index (Phi) is 5.00. The van der Waals surface area contributed by atoms with E-state index in [9.17, 15) is 4.79 Å². The normalized spacial score (nSPS) is 31.8. The zero-order valence-electron chi connectivity index (χ0n) is 17.0. The fourth-order valence-electron chi connectivity index (χ4n) is 3.94. The van der Waals surface area contributed by atoms with Crippen LogP contribution in [0, 0.1) is 17.3 Å². The Balaban J connectivity index is 2.29. The Labute approximate surface area is 149 Å². The maximum Gasteiger partial charge on any atom is 0.250 e. The van der Waals surface area contributed by atoms with Gasteiger partial charge in [0.05, 0.1) is 5.76 Å². The third-order valence-electron chi connectivity index (χ3n) is 6.96. The number of rotatable bonds is 3. The van der Waals surface area contributed by atoms with E-state index in [-0.39, 0.29) is 10.5 Å². The smallest absolute Gasteiger partial charge is 0.250 e. The first kappa shape index (κ1) is 19.5. The molecule has 3 heteroatoms. The van der Waals surface area contributed by atoms with Crippen molar-refractivity contribution in [3.05, 3.63) is 23.5 Å². The van der Waals surface area contributed by atoms with Gasteiger partial charge in [0, 0.05) is 18.3 Å². The van der Waals surface area contributed by atoms with Crippen molar-refractivity contribution in [2.45, 2.75) is 85.4 Å². The standard InChI is InChI=1S/C21H36O2Si/c1-14(2)16-10-17-12-18(23-24(8,9)20(4,5)6)15(3)13-21(17,7)19(22)11-16/h16-17H,1,10-13H2,2-9H3/t16-,17+,21-/m0/s1. The summed E-state index contributed by atoms with van der Waals surface area (Å²) in [5.41, 5.74) is 2.25. The molecule has 0 amide bonds. The largest absolute Gasteiger partial charge is 0.547 e. The van der Waals surface area contributed by atoms with Gasteiger partial charge in [-0.2, -0.15) is 0 Å². The summed E-state index contributed by atoms with van der Waals surface area (Å²) in [4.78, 5) is 12.9. The molecule has 0 aromatic carbocycles. The molecule has 2 nitrogen and oxygen atoms in total. The van der Waals surface area contributed by atoms with Gasteiger partial charge in [-0.1, -0.05) is 39.8 Å². The average molecular weight is 349 g/mol. The topological polar surface area (TPSA) is 26.3 Å². The van der Waals surface area contributed by atoms with Gasteiger partial charge in [-0.25, -0.2) is 0 Å². The first-order valence-electron chi connectivity index (χ1n) is 9.34. The highest BCUT2D eigenvalue weighted by Gasteiger charge is 2.50. The summed E-state index contributed by atoms with van der Waals surface area (Å²) >= 11 is 0. The molecule has 24 heavy (non-hydrogen) atoms. The predicted molar refractivity (Wildman–Crippen MR) is 104 cm³/mol. The highest BCUT2D eigenvalue weighted by molar-refractivity contribution is 6.74. The van der Waals surface area contributed by atoms with E-state index in [0.29, 0.717) is 24.0 Å². The van der Waals surface area contributed by atoms with Gasteiger partial charge in [0.1, 0.15) is 5.78 Å². The van der Waals surface area contributed by atoms with Crippen molar-refractivity contribution in [2.75, 3.05) is 0 Å². The van der Waals surface area contributed by atoms with Crippen molar-refractivity contribution in [3.8, 4) is 0 Å². The second-order valence-electron chi connectivity index (χ2n) is 9.97. The SMILES string of the molecule is C=C(C)[C@@H]1CC(=O)[C@@]2(C)CC(C)=C(O[Si](C)(C)C(C)(C)C)C[C@H]2C1. The molecule has 2 rings (SSSR count). The van der Waals surface area contributed by atoms with Crippen molar-refractivity contribution in [3.63, 3.8) is 0 Å². The second kappa shape index (κ2) is 6.16. The molecular formula is C21H36O2Si. The zero-order valence-corrected chi connectivity index (χ0v) is 18.0. The summed E-state index contributed by atoms with van der Waals surface area (Å²) in [6.07, 6.45) is 3.54. The molecule has 0 aliphatic heterocycles. The third-order valence-corrected chi connectivity index (χ3v) is 11.3. The van der Waals surface area contributed by atoms with E-state index in [4.69, 9.17) is 4.43 Å². The molecule has 1 saturated carbocycles. The van der Waals surface area contributed by atoms with Crippen molar-refractivity contribution < 1.29 is 9.22 Å². The van der Waals surface area contributed by atoms with Gasteiger partial charge in [-0.05, 0) is 62.2 Å². The van der Waals surface area contributed by atoms with Crippen LogP contribution in [-0.2, 0) is 9.22 Å². The minimum absolute atomic E-state index is 0.198. The summed E-state index contributed by atoms with van der Waals surface area (Å²) in [5.74, 6) is 2.35. The van der Waals surface area contributed by atoms with Crippen LogP contribution in [0.5, 0.6) is 0 Å². The van der Waals surface area contributed by atoms with Gasteiger partial charge in [0.15, 0.2) is 0 Å². The highest BCUT2D eigenvalue weighted by atomic mass is 28.4. The summed E-state index contributed by atoms with van der Waals surface area (Å²) in [6.45, 7) is 22.0. The first-order chi connectivity index (χ1) is 10.8. The molecule has 0 saturated heterocycles. The number of allylic oxidation sites excluding steroid dienone is 3. The van der Waals surface area contributed by atoms with E-state index in [1.54, 1.807) is 0 Å². The van der Waals surface area contributed by atoms with E-state index in [0.717, 1.165) is 24.8 Å². The molecule has 2 aliphatic carbocycles. The number of carbonyl (C=O) groups excluding carboxylic acids is 1. The lowest BCUT2D eigenvalue weighted by Gasteiger charge is -2.48. The van der Waals surface area contributed by atoms with Crippen molar-refractivity contribution in [1.82, 2.24) is 0 Å². The molecule has 0 aromatic heterocycles. The Morgan fingerprint density at radius 3 is 2.38 bits per heavy atom. The van der Waals surface area contributed by atoms with Crippen molar-refractivity contribution in [1.29, 1.82) is 0 Å². The van der Waals surface area contributed by atoms with E-state index >= 15 is 0 Å². The highest BCUT2D eigenvalue weighted by Crippen LogP contribution is 2.53. The van der Waals surface area contributed by atoms with Crippen LogP contribution in [0.25, 0.3) is 0 Å². The number of carbonyl (C=O) groups is 1. The zero-order chi connectivity index (χ0) is 18.5. The number of fused-ring (bicyclic) bond motifs is 1. The lowest BCUT2D eigenvalue weighted by atomic mass is 9.57. The number of ketones is 1. The van der Waals surface area contributed by atoms with Crippen LogP contribution in [-0.4, -0.2) is 14.1 Å². The lowest BCUT2D eigenvalue weighted by molar-refractivity contribution is -0.136. The molecule has 0 spiro atoms. The second-order valence-corrected chi connectivity index (χ2v) is 14.7. The molecule has 136 valence electrons. The predicted octanol–water partition coefficient (Wildman–Crippen LogP) is 6.25. The fraction of sp³-hybridized carbons (Fsp3) is 0.762. The molecule has 0 unspecified atom stereocenters. The molecular weight excluding hydrogens is 312 g/mol. The van der Waals surface area contributed by atoms with Crippen molar-refractivity contribution >= 4 is 14.1 Å². The Morgan fingerprint density at radius 2 is 1.88 bits per heavy atom. The van der Waals surface area contributed by atoms with Gasteiger partial charge in [0.25, 0.3) is 0 Å². The van der Waals surface area contributed by atoms with E-state index in [2.05, 4.69) is 61.2 Å². The van der Waals surface area contributed by atoms with Crippen LogP contribution in [0.3, 0.4) is 0 Å². The summed E-state index contributed by atoms with van der Waals surface area (Å²) in [5, 5.41) is 0.198. The van der Waals surface area contributed by atoms with Crippen LogP contribution in [0.4, 0.5) is 0 Å². The average Bonchev–Trinajstić information content (AvgIpc) is 2.40. The summed E-state index contributed by atoms with van der Waals surface area (Å²) in [7, 11) is -1.83. The lowest BCUT2D eigenvalue weighted by Crippen LogP contribution is -2.47. The monoisotopic (exact) mass is 348 g/mol. The minimum Gasteiger partial charge on any atom is -0.547 e. The maximum absolute atomic E-state index is 12.9. The van der Waals surface area contributed by atoms with E-state index < -0.39 is 8.32 Å². The van der Waals surface area contributed by atoms with Gasteiger partial charge < -0.3 is 4.43 Å². The molecule has 2 aliphatic rings. The van der Waals surface area contributed by atoms with E-state index in [1.807, 2.05) is 0 Å². The number of Topliss-reactive ketones (excluding diaryl/α,β-unsaturated/α-hetero) is 1. The summed E-state index contributed by atoms with van der Waals surface area (Å²) in [6, 6.07) is 0. The number of hydrogen-bond donors (Lipinski definition) is 0. The van der Waals surface area contributed by atoms with Crippen LogP contribution in [0.15, 0.2) is 23.5 Å².